The third-order valence-corrected chi connectivity index (χ3v) is 6.39. The molecule has 0 saturated carbocycles. The van der Waals surface area contributed by atoms with Gasteiger partial charge in [-0.3, -0.25) is 19.2 Å². The van der Waals surface area contributed by atoms with Gasteiger partial charge in [-0.05, 0) is 49.8 Å². The number of aromatic hydroxyl groups is 1. The van der Waals surface area contributed by atoms with Gasteiger partial charge in [0.2, 0.25) is 23.6 Å². The van der Waals surface area contributed by atoms with E-state index in [2.05, 4.69) is 5.32 Å². The number of likely N-dealkylation sites (tertiary alicyclic amines) is 2. The third kappa shape index (κ3) is 6.27. The molecule has 3 rings (SSSR count). The molecule has 12 heteroatoms. The minimum Gasteiger partial charge on any atom is -0.508 e. The maximum Gasteiger partial charge on any atom is 0.326 e. The van der Waals surface area contributed by atoms with Crippen LogP contribution in [-0.4, -0.2) is 86.9 Å². The highest BCUT2D eigenvalue weighted by Gasteiger charge is 2.41. The summed E-state index contributed by atoms with van der Waals surface area (Å²) in [7, 11) is 0. The first-order valence-corrected chi connectivity index (χ1v) is 11.5. The quantitative estimate of drug-likeness (QED) is 0.282. The summed E-state index contributed by atoms with van der Waals surface area (Å²) >= 11 is 0. The Balaban J connectivity index is 1.68. The van der Waals surface area contributed by atoms with E-state index in [1.54, 1.807) is 12.1 Å². The van der Waals surface area contributed by atoms with Gasteiger partial charge in [0, 0.05) is 13.1 Å². The van der Waals surface area contributed by atoms with Gasteiger partial charge in [0.1, 0.15) is 23.9 Å². The lowest BCUT2D eigenvalue weighted by Gasteiger charge is -2.30. The van der Waals surface area contributed by atoms with E-state index in [0.29, 0.717) is 25.8 Å². The van der Waals surface area contributed by atoms with Crippen LogP contribution in [0.5, 0.6) is 5.75 Å². The number of aliphatic carboxylic acids is 1. The number of carbonyl (C=O) groups is 5. The highest BCUT2D eigenvalue weighted by molar-refractivity contribution is 5.96. The average Bonchev–Trinajstić information content (AvgIpc) is 3.49. The molecule has 2 saturated heterocycles. The summed E-state index contributed by atoms with van der Waals surface area (Å²) in [6.07, 6.45) is 1.39. The number of nitrogens with one attached hydrogen (secondary N) is 1. The Morgan fingerprint density at radius 1 is 0.971 bits per heavy atom. The van der Waals surface area contributed by atoms with E-state index in [0.717, 1.165) is 10.5 Å². The van der Waals surface area contributed by atoms with Crippen molar-refractivity contribution >= 4 is 29.6 Å². The summed E-state index contributed by atoms with van der Waals surface area (Å²) in [5, 5.41) is 21.3. The summed E-state index contributed by atoms with van der Waals surface area (Å²) in [6.45, 7) is 0.503. The molecular weight excluding hydrogens is 458 g/mol. The van der Waals surface area contributed by atoms with Gasteiger partial charge >= 0.3 is 5.97 Å². The molecule has 2 aliphatic heterocycles. The lowest BCUT2D eigenvalue weighted by atomic mass is 10.0. The smallest absolute Gasteiger partial charge is 0.326 e. The predicted molar refractivity (Wildman–Crippen MR) is 123 cm³/mol. The van der Waals surface area contributed by atoms with Crippen LogP contribution < -0.4 is 16.8 Å². The van der Waals surface area contributed by atoms with Gasteiger partial charge in [-0.15, -0.1) is 0 Å². The molecule has 2 fully saturated rings. The summed E-state index contributed by atoms with van der Waals surface area (Å²) < 4.78 is 0. The number of carboxylic acids is 1. The number of benzene rings is 1. The van der Waals surface area contributed by atoms with Crippen LogP contribution in [0.2, 0.25) is 0 Å². The van der Waals surface area contributed by atoms with Gasteiger partial charge in [0.25, 0.3) is 0 Å². The van der Waals surface area contributed by atoms with Crippen molar-refractivity contribution in [2.75, 3.05) is 13.1 Å². The molecule has 0 spiro atoms. The Bertz CT molecular complexity index is 983. The molecule has 4 atom stereocenters. The van der Waals surface area contributed by atoms with Crippen LogP contribution in [0.25, 0.3) is 0 Å². The number of primary amides is 1. The van der Waals surface area contributed by atoms with Crippen LogP contribution in [0.15, 0.2) is 24.3 Å². The lowest BCUT2D eigenvalue weighted by Crippen LogP contribution is -2.57. The SMILES string of the molecule is NC(=O)CC(NC(=O)C1CCCN1C(=O)C(N)Cc1ccc(O)cc1)C(=O)N1CCCC1C(=O)O. The standard InChI is InChI=1S/C23H31N5O7/c24-15(11-13-5-7-14(29)8-6-13)21(32)27-9-1-3-17(27)20(31)26-16(12-19(25)30)22(33)28-10-2-4-18(28)23(34)35/h5-8,15-18,29H,1-4,9-12,24H2,(H2,25,30)(H,26,31)(H,34,35). The van der Waals surface area contributed by atoms with E-state index < -0.39 is 60.2 Å². The highest BCUT2D eigenvalue weighted by atomic mass is 16.4. The Hall–Kier alpha value is -3.67. The molecule has 0 radical (unpaired) electrons. The van der Waals surface area contributed by atoms with Crippen molar-refractivity contribution < 1.29 is 34.2 Å². The lowest BCUT2D eigenvalue weighted by molar-refractivity contribution is -0.150. The number of hydrogen-bond acceptors (Lipinski definition) is 7. The first kappa shape index (κ1) is 25.9. The van der Waals surface area contributed by atoms with Gasteiger partial charge in [0.05, 0.1) is 12.5 Å². The van der Waals surface area contributed by atoms with Gasteiger partial charge in [-0.2, -0.15) is 0 Å². The molecule has 0 bridgehead atoms. The number of hydrogen-bond donors (Lipinski definition) is 5. The van der Waals surface area contributed by atoms with E-state index in [4.69, 9.17) is 11.5 Å². The molecule has 35 heavy (non-hydrogen) atoms. The zero-order chi connectivity index (χ0) is 25.7. The molecular formula is C23H31N5O7. The van der Waals surface area contributed by atoms with Gasteiger partial charge in [-0.25, -0.2) is 4.79 Å². The number of phenols is 1. The molecule has 4 unspecified atom stereocenters. The fraction of sp³-hybridized carbons (Fsp3) is 0.522. The van der Waals surface area contributed by atoms with Gasteiger partial charge in [-0.1, -0.05) is 12.1 Å². The van der Waals surface area contributed by atoms with Crippen molar-refractivity contribution in [3.05, 3.63) is 29.8 Å². The second-order valence-corrected chi connectivity index (χ2v) is 8.93. The molecule has 0 aromatic heterocycles. The van der Waals surface area contributed by atoms with Crippen LogP contribution in [-0.2, 0) is 30.4 Å². The molecule has 1 aromatic carbocycles. The second kappa shape index (κ2) is 11.2. The molecule has 190 valence electrons. The number of nitrogens with zero attached hydrogens (tertiary/aromatic N) is 2. The molecule has 0 aliphatic carbocycles. The second-order valence-electron chi connectivity index (χ2n) is 8.93. The van der Waals surface area contributed by atoms with E-state index in [-0.39, 0.29) is 25.1 Å². The zero-order valence-electron chi connectivity index (χ0n) is 19.3. The van der Waals surface area contributed by atoms with Gasteiger partial charge in [0.15, 0.2) is 0 Å². The van der Waals surface area contributed by atoms with Crippen LogP contribution in [0.4, 0.5) is 0 Å². The van der Waals surface area contributed by atoms with Crippen LogP contribution >= 0.6 is 0 Å². The molecule has 1 aromatic rings. The minimum absolute atomic E-state index is 0.0913. The van der Waals surface area contributed by atoms with E-state index in [1.807, 2.05) is 0 Å². The maximum absolute atomic E-state index is 13.1. The normalized spacial score (nSPS) is 21.4. The van der Waals surface area contributed by atoms with Crippen molar-refractivity contribution in [2.45, 2.75) is 62.7 Å². The van der Waals surface area contributed by atoms with Crippen molar-refractivity contribution in [3.63, 3.8) is 0 Å². The van der Waals surface area contributed by atoms with Crippen molar-refractivity contribution in [1.29, 1.82) is 0 Å². The summed E-state index contributed by atoms with van der Waals surface area (Å²) in [6, 6.07) is 2.12. The number of nitrogens with two attached hydrogens (primary N) is 2. The Morgan fingerprint density at radius 3 is 2.11 bits per heavy atom. The fourth-order valence-electron chi connectivity index (χ4n) is 4.65. The van der Waals surface area contributed by atoms with Crippen LogP contribution in [0.3, 0.4) is 0 Å². The van der Waals surface area contributed by atoms with Crippen LogP contribution in [0, 0.1) is 0 Å². The van der Waals surface area contributed by atoms with Crippen molar-refractivity contribution in [1.82, 2.24) is 15.1 Å². The summed E-state index contributed by atoms with van der Waals surface area (Å²) in [5.74, 6) is -3.65. The Kier molecular flexibility index (Phi) is 8.28. The highest BCUT2D eigenvalue weighted by Crippen LogP contribution is 2.22. The molecule has 7 N–H and O–H groups in total. The Morgan fingerprint density at radius 2 is 1.54 bits per heavy atom. The number of rotatable bonds is 9. The number of carboxylic acid groups (broad SMARTS) is 1. The van der Waals surface area contributed by atoms with Crippen molar-refractivity contribution in [3.8, 4) is 5.75 Å². The maximum atomic E-state index is 13.1. The number of amides is 4. The first-order chi connectivity index (χ1) is 16.6. The van der Waals surface area contributed by atoms with E-state index >= 15 is 0 Å². The summed E-state index contributed by atoms with van der Waals surface area (Å²) in [5.41, 5.74) is 12.1. The first-order valence-electron chi connectivity index (χ1n) is 11.5. The monoisotopic (exact) mass is 489 g/mol. The number of carbonyl (C=O) groups excluding carboxylic acids is 4. The topological polar surface area (TPSA) is 196 Å². The van der Waals surface area contributed by atoms with Crippen molar-refractivity contribution in [2.24, 2.45) is 11.5 Å². The molecule has 12 nitrogen and oxygen atoms in total. The summed E-state index contributed by atoms with van der Waals surface area (Å²) in [4.78, 5) is 64.7. The van der Waals surface area contributed by atoms with E-state index in [1.165, 1.54) is 17.0 Å². The van der Waals surface area contributed by atoms with Crippen LogP contribution in [0.1, 0.15) is 37.7 Å². The van der Waals surface area contributed by atoms with E-state index in [9.17, 15) is 34.2 Å². The third-order valence-electron chi connectivity index (χ3n) is 6.39. The molecule has 4 amide bonds. The minimum atomic E-state index is -1.33. The van der Waals surface area contributed by atoms with Gasteiger partial charge < -0.3 is 36.8 Å². The largest absolute Gasteiger partial charge is 0.508 e. The number of phenolic OH excluding ortho intramolecular Hbond substituents is 1. The predicted octanol–water partition coefficient (Wildman–Crippen LogP) is -1.31. The average molecular weight is 490 g/mol. The molecule has 2 aliphatic rings. The Labute approximate surface area is 202 Å². The molecule has 2 heterocycles. The fourth-order valence-corrected chi connectivity index (χ4v) is 4.65. The zero-order valence-corrected chi connectivity index (χ0v) is 19.3.